The van der Waals surface area contributed by atoms with Crippen molar-refractivity contribution in [2.45, 2.75) is 63.6 Å². The van der Waals surface area contributed by atoms with Gasteiger partial charge in [0.25, 0.3) is 0 Å². The molecule has 1 fully saturated rings. The third kappa shape index (κ3) is 12.7. The molecular formula is C46H48O10. The van der Waals surface area contributed by atoms with Crippen LogP contribution in [0.25, 0.3) is 22.3 Å². The zero-order valence-corrected chi connectivity index (χ0v) is 31.5. The van der Waals surface area contributed by atoms with Crippen LogP contribution < -0.4 is 9.47 Å². The van der Waals surface area contributed by atoms with Crippen LogP contribution in [0.5, 0.6) is 11.5 Å². The van der Waals surface area contributed by atoms with E-state index in [0.29, 0.717) is 63.2 Å². The summed E-state index contributed by atoms with van der Waals surface area (Å²) in [6.07, 6.45) is 7.10. The lowest BCUT2D eigenvalue weighted by molar-refractivity contribution is -0.138. The topological polar surface area (TPSA) is 124 Å². The lowest BCUT2D eigenvalue weighted by Crippen LogP contribution is -2.37. The predicted octanol–water partition coefficient (Wildman–Crippen LogP) is 9.12. The fourth-order valence-corrected chi connectivity index (χ4v) is 6.08. The normalized spacial score (nSPS) is 14.8. The summed E-state index contributed by atoms with van der Waals surface area (Å²) in [7, 11) is 0. The highest BCUT2D eigenvalue weighted by molar-refractivity contribution is 5.91. The van der Waals surface area contributed by atoms with Crippen LogP contribution >= 0.6 is 0 Å². The second-order valence-electron chi connectivity index (χ2n) is 13.2. The van der Waals surface area contributed by atoms with Crippen molar-refractivity contribution in [3.63, 3.8) is 0 Å². The van der Waals surface area contributed by atoms with Crippen molar-refractivity contribution in [2.75, 3.05) is 26.4 Å². The Bertz CT molecular complexity index is 1760. The highest BCUT2D eigenvalue weighted by atomic mass is 16.6. The van der Waals surface area contributed by atoms with Crippen LogP contribution in [0.2, 0.25) is 0 Å². The molecule has 0 bridgehead atoms. The second kappa shape index (κ2) is 21.7. The number of hydrogen-bond donors (Lipinski definition) is 0. The van der Waals surface area contributed by atoms with E-state index in [-0.39, 0.29) is 0 Å². The molecule has 1 aliphatic carbocycles. The average molecular weight is 761 g/mol. The van der Waals surface area contributed by atoms with Crippen molar-refractivity contribution in [2.24, 2.45) is 0 Å². The molecule has 5 rings (SSSR count). The Morgan fingerprint density at radius 2 is 0.804 bits per heavy atom. The molecule has 0 spiro atoms. The van der Waals surface area contributed by atoms with E-state index in [2.05, 4.69) is 13.2 Å². The van der Waals surface area contributed by atoms with Crippen LogP contribution in [0.1, 0.15) is 72.1 Å². The van der Waals surface area contributed by atoms with Gasteiger partial charge in [0.15, 0.2) is 0 Å². The van der Waals surface area contributed by atoms with Crippen molar-refractivity contribution in [1.29, 1.82) is 0 Å². The van der Waals surface area contributed by atoms with Gasteiger partial charge in [0.2, 0.25) is 0 Å². The zero-order chi connectivity index (χ0) is 39.5. The van der Waals surface area contributed by atoms with E-state index in [1.165, 1.54) is 0 Å². The maximum Gasteiger partial charge on any atom is 0.338 e. The Morgan fingerprint density at radius 1 is 0.482 bits per heavy atom. The molecule has 0 heterocycles. The molecule has 10 nitrogen and oxygen atoms in total. The Hall–Kier alpha value is -6.16. The highest BCUT2D eigenvalue weighted by Gasteiger charge is 2.32. The van der Waals surface area contributed by atoms with Crippen molar-refractivity contribution >= 4 is 23.9 Å². The number of ether oxygens (including phenoxy) is 6. The third-order valence-corrected chi connectivity index (χ3v) is 9.21. The van der Waals surface area contributed by atoms with E-state index in [0.717, 1.165) is 71.6 Å². The van der Waals surface area contributed by atoms with Crippen LogP contribution in [-0.2, 0) is 28.5 Å². The molecule has 0 N–H and O–H groups in total. The number of rotatable bonds is 20. The van der Waals surface area contributed by atoms with Crippen LogP contribution in [0.4, 0.5) is 0 Å². The smallest absolute Gasteiger partial charge is 0.338 e. The minimum atomic E-state index is -0.538. The van der Waals surface area contributed by atoms with Gasteiger partial charge in [-0.15, -0.1) is 0 Å². The molecule has 2 atom stereocenters. The van der Waals surface area contributed by atoms with Crippen LogP contribution in [0.15, 0.2) is 122 Å². The Labute approximate surface area is 328 Å². The minimum Gasteiger partial charge on any atom is -0.494 e. The van der Waals surface area contributed by atoms with Gasteiger partial charge in [-0.25, -0.2) is 19.2 Å². The molecule has 56 heavy (non-hydrogen) atoms. The molecule has 0 aliphatic heterocycles. The summed E-state index contributed by atoms with van der Waals surface area (Å²) in [4.78, 5) is 48.6. The van der Waals surface area contributed by atoms with Crippen molar-refractivity contribution in [3.05, 3.63) is 133 Å². The first-order chi connectivity index (χ1) is 27.3. The van der Waals surface area contributed by atoms with Crippen LogP contribution in [0, 0.1) is 0 Å². The van der Waals surface area contributed by atoms with E-state index in [1.54, 1.807) is 24.3 Å². The standard InChI is InChI=1S/C46H48O10/c1-3-43(47)53-31-9-7-29-51-39-25-21-35(22-26-39)33-13-17-37(18-14-33)45(49)55-41-11-5-6-12-42(41)56-46(50)38-19-15-34(16-20-38)36-23-27-40(28-24-36)52-30-8-10-32-54-44(48)4-2/h3-4,13-28,41-42H,1-2,5-12,29-32H2/t41-,42-/m1/s1. The number of unbranched alkanes of at least 4 members (excludes halogenated alkanes) is 2. The lowest BCUT2D eigenvalue weighted by atomic mass is 9.94. The molecule has 0 unspecified atom stereocenters. The largest absolute Gasteiger partial charge is 0.494 e. The van der Waals surface area contributed by atoms with Gasteiger partial charge in [0.1, 0.15) is 23.7 Å². The molecule has 0 radical (unpaired) electrons. The van der Waals surface area contributed by atoms with E-state index in [9.17, 15) is 19.2 Å². The van der Waals surface area contributed by atoms with Crippen LogP contribution in [-0.4, -0.2) is 62.5 Å². The number of carbonyl (C=O) groups excluding carboxylic acids is 4. The predicted molar refractivity (Wildman–Crippen MR) is 212 cm³/mol. The summed E-state index contributed by atoms with van der Waals surface area (Å²) in [6, 6.07) is 29.8. The Kier molecular flexibility index (Phi) is 15.9. The van der Waals surface area contributed by atoms with Gasteiger partial charge >= 0.3 is 23.9 Å². The monoisotopic (exact) mass is 760 g/mol. The van der Waals surface area contributed by atoms with E-state index in [1.807, 2.05) is 72.8 Å². The van der Waals surface area contributed by atoms with Gasteiger partial charge in [-0.05, 0) is 122 Å². The minimum absolute atomic E-state index is 0.333. The Morgan fingerprint density at radius 3 is 1.14 bits per heavy atom. The van der Waals surface area contributed by atoms with Crippen molar-refractivity contribution < 1.29 is 47.6 Å². The molecule has 10 heteroatoms. The van der Waals surface area contributed by atoms with Gasteiger partial charge in [-0.1, -0.05) is 61.7 Å². The molecule has 0 amide bonds. The van der Waals surface area contributed by atoms with E-state index < -0.39 is 36.1 Å². The molecule has 0 aromatic heterocycles. The molecular weight excluding hydrogens is 712 g/mol. The second-order valence-corrected chi connectivity index (χ2v) is 13.2. The lowest BCUT2D eigenvalue weighted by Gasteiger charge is -2.30. The number of benzene rings is 4. The Balaban J connectivity index is 1.06. The summed E-state index contributed by atoms with van der Waals surface area (Å²) in [5.41, 5.74) is 4.65. The fraction of sp³-hybridized carbons (Fsp3) is 0.304. The molecule has 1 aliphatic rings. The average Bonchev–Trinajstić information content (AvgIpc) is 3.24. The molecule has 292 valence electrons. The summed E-state index contributed by atoms with van der Waals surface area (Å²) in [6.45, 7) is 8.43. The summed E-state index contributed by atoms with van der Waals surface area (Å²) >= 11 is 0. The molecule has 0 saturated heterocycles. The number of hydrogen-bond acceptors (Lipinski definition) is 10. The summed E-state index contributed by atoms with van der Waals surface area (Å²) in [5, 5.41) is 0. The number of esters is 4. The SMILES string of the molecule is C=CC(=O)OCCCCOc1ccc(-c2ccc(C(=O)O[C@@H]3CCCC[C@H]3OC(=O)c3ccc(-c4ccc(OCCCCOC(=O)C=C)cc4)cc3)cc2)cc1. The van der Waals surface area contributed by atoms with E-state index in [4.69, 9.17) is 28.4 Å². The maximum absolute atomic E-state index is 13.2. The van der Waals surface area contributed by atoms with Crippen LogP contribution in [0.3, 0.4) is 0 Å². The maximum atomic E-state index is 13.2. The number of carbonyl (C=O) groups is 4. The zero-order valence-electron chi connectivity index (χ0n) is 31.5. The van der Waals surface area contributed by atoms with Gasteiger partial charge in [-0.2, -0.15) is 0 Å². The van der Waals surface area contributed by atoms with Gasteiger partial charge in [0, 0.05) is 12.2 Å². The van der Waals surface area contributed by atoms with Gasteiger partial charge < -0.3 is 28.4 Å². The first-order valence-electron chi connectivity index (χ1n) is 19.0. The van der Waals surface area contributed by atoms with Gasteiger partial charge in [0.05, 0.1) is 37.6 Å². The molecule has 4 aromatic carbocycles. The first-order valence-corrected chi connectivity index (χ1v) is 19.0. The van der Waals surface area contributed by atoms with Crippen molar-refractivity contribution in [1.82, 2.24) is 0 Å². The van der Waals surface area contributed by atoms with Crippen molar-refractivity contribution in [3.8, 4) is 33.8 Å². The van der Waals surface area contributed by atoms with E-state index >= 15 is 0 Å². The molecule has 1 saturated carbocycles. The third-order valence-electron chi connectivity index (χ3n) is 9.21. The molecule has 4 aromatic rings. The first kappa shape index (κ1) is 41.0. The van der Waals surface area contributed by atoms with Gasteiger partial charge in [-0.3, -0.25) is 0 Å². The highest BCUT2D eigenvalue weighted by Crippen LogP contribution is 2.28. The fourth-order valence-electron chi connectivity index (χ4n) is 6.08. The quantitative estimate of drug-likeness (QED) is 0.0373. The summed E-state index contributed by atoms with van der Waals surface area (Å²) in [5.74, 6) is -0.292. The summed E-state index contributed by atoms with van der Waals surface area (Å²) < 4.78 is 33.3.